The molecule has 11 heteroatoms. The highest BCUT2D eigenvalue weighted by Gasteiger charge is 2.56. The van der Waals surface area contributed by atoms with Crippen molar-refractivity contribution < 1.29 is 17.9 Å². The molecule has 0 aromatic carbocycles. The van der Waals surface area contributed by atoms with E-state index in [4.69, 9.17) is 10.5 Å². The molecule has 2 heterocycles. The second kappa shape index (κ2) is 8.40. The molecule has 1 aromatic rings. The lowest BCUT2D eigenvalue weighted by Gasteiger charge is -2.26. The maximum atomic E-state index is 12.3. The molecule has 0 unspecified atom stereocenters. The number of allylic oxidation sites excluding steroid dienone is 3. The van der Waals surface area contributed by atoms with Crippen LogP contribution in [0.1, 0.15) is 25.7 Å². The molecule has 5 N–H and O–H groups in total. The quantitative estimate of drug-likeness (QED) is 0.506. The first kappa shape index (κ1) is 22.0. The van der Waals surface area contributed by atoms with Gasteiger partial charge in [0.25, 0.3) is 0 Å². The van der Waals surface area contributed by atoms with Crippen LogP contribution in [-0.2, 0) is 9.84 Å². The number of anilines is 1. The fraction of sp³-hybridized carbons (Fsp3) is 0.381. The predicted octanol–water partition coefficient (Wildman–Crippen LogP) is 1.56. The number of nitrogens with two attached hydrogens (primary N) is 1. The number of sulfone groups is 1. The summed E-state index contributed by atoms with van der Waals surface area (Å²) in [7, 11) is -1.75. The third-order valence-electron chi connectivity index (χ3n) is 5.68. The standard InChI is InChI=1S/C21H26N6O4S/c1-31-18-8-7-15(12-23-18)25-20(28)24-14-5-3-13(4-6-14)19-26-16(11-17(22)27-19)21(9-10-21)32(2,29)30/h3,5,7-8,11-12,17H,4,6,9-10,22H2,1-2H3,(H,26,27)(H2,24,25,28)/t17-/m0/s1. The number of nitrogens with zero attached hydrogens (tertiary/aromatic N) is 2. The normalized spacial score (nSPS) is 21.8. The van der Waals surface area contributed by atoms with Crippen molar-refractivity contribution in [3.05, 3.63) is 53.5 Å². The number of nitrogens with one attached hydrogen (secondary N) is 3. The van der Waals surface area contributed by atoms with Gasteiger partial charge in [0.05, 0.1) is 30.9 Å². The number of hydrogen-bond acceptors (Lipinski definition) is 8. The number of aromatic nitrogens is 1. The topological polar surface area (TPSA) is 148 Å². The molecular formula is C21H26N6O4S. The molecule has 0 spiro atoms. The van der Waals surface area contributed by atoms with Crippen LogP contribution in [0.25, 0.3) is 0 Å². The van der Waals surface area contributed by atoms with Gasteiger partial charge in [-0.1, -0.05) is 6.08 Å². The summed E-state index contributed by atoms with van der Waals surface area (Å²) in [6.45, 7) is 0. The van der Waals surface area contributed by atoms with Crippen molar-refractivity contribution in [3.63, 3.8) is 0 Å². The Hall–Kier alpha value is -3.18. The minimum atomic E-state index is -3.28. The number of aliphatic imine (C=N–C) groups is 1. The maximum absolute atomic E-state index is 12.3. The van der Waals surface area contributed by atoms with Crippen LogP contribution in [0.2, 0.25) is 0 Å². The fourth-order valence-electron chi connectivity index (χ4n) is 3.73. The number of carbonyl (C=O) groups is 1. The lowest BCUT2D eigenvalue weighted by Crippen LogP contribution is -2.45. The Kier molecular flexibility index (Phi) is 5.78. The summed E-state index contributed by atoms with van der Waals surface area (Å²) in [5, 5.41) is 8.65. The average molecular weight is 459 g/mol. The van der Waals surface area contributed by atoms with Gasteiger partial charge in [0.2, 0.25) is 5.88 Å². The number of carbonyl (C=O) groups excluding carboxylic acids is 1. The molecule has 0 saturated heterocycles. The van der Waals surface area contributed by atoms with Crippen molar-refractivity contribution in [1.82, 2.24) is 15.6 Å². The first-order valence-corrected chi connectivity index (χ1v) is 12.1. The number of amidine groups is 1. The van der Waals surface area contributed by atoms with Crippen LogP contribution in [0, 0.1) is 0 Å². The van der Waals surface area contributed by atoms with Gasteiger partial charge in [-0.25, -0.2) is 23.2 Å². The Morgan fingerprint density at radius 3 is 2.59 bits per heavy atom. The van der Waals surface area contributed by atoms with Crippen molar-refractivity contribution in [1.29, 1.82) is 0 Å². The summed E-state index contributed by atoms with van der Waals surface area (Å²) in [6.07, 6.45) is 9.93. The molecule has 2 aliphatic carbocycles. The van der Waals surface area contributed by atoms with Gasteiger partial charge in [-0.2, -0.15) is 0 Å². The zero-order valence-electron chi connectivity index (χ0n) is 17.9. The smallest absolute Gasteiger partial charge is 0.323 e. The molecule has 0 bridgehead atoms. The number of ether oxygens (including phenoxy) is 1. The predicted molar refractivity (Wildman–Crippen MR) is 122 cm³/mol. The summed E-state index contributed by atoms with van der Waals surface area (Å²) < 4.78 is 28.6. The molecule has 32 heavy (non-hydrogen) atoms. The van der Waals surface area contributed by atoms with Crippen molar-refractivity contribution in [2.75, 3.05) is 18.7 Å². The highest BCUT2D eigenvalue weighted by molar-refractivity contribution is 7.92. The molecule has 1 aromatic heterocycles. The van der Waals surface area contributed by atoms with Gasteiger partial charge in [-0.15, -0.1) is 0 Å². The molecule has 3 aliphatic rings. The summed E-state index contributed by atoms with van der Waals surface area (Å²) in [5.74, 6) is 1.04. The highest BCUT2D eigenvalue weighted by atomic mass is 32.2. The van der Waals surface area contributed by atoms with Gasteiger partial charge in [0.15, 0.2) is 9.84 Å². The number of urea groups is 1. The SMILES string of the molecule is COc1ccc(NC(=O)NC2=CC=C(C3=NC(C4(S(C)(=O)=O)CC4)=C[C@@H](N)N3)CC2)cn1. The Balaban J connectivity index is 1.43. The second-order valence-electron chi connectivity index (χ2n) is 8.00. The average Bonchev–Trinajstić information content (AvgIpc) is 3.57. The van der Waals surface area contributed by atoms with E-state index < -0.39 is 20.8 Å². The number of methoxy groups -OCH3 is 1. The Morgan fingerprint density at radius 1 is 1.25 bits per heavy atom. The monoisotopic (exact) mass is 458 g/mol. The molecule has 1 saturated carbocycles. The largest absolute Gasteiger partial charge is 0.481 e. The molecule has 2 amide bonds. The Bertz CT molecular complexity index is 1150. The zero-order valence-corrected chi connectivity index (χ0v) is 18.7. The van der Waals surface area contributed by atoms with E-state index in [1.54, 1.807) is 18.2 Å². The van der Waals surface area contributed by atoms with E-state index in [0.29, 0.717) is 48.8 Å². The third-order valence-corrected chi connectivity index (χ3v) is 7.72. The molecule has 1 fully saturated rings. The molecule has 4 rings (SSSR count). The molecule has 1 atom stereocenters. The van der Waals surface area contributed by atoms with Gasteiger partial charge in [0.1, 0.15) is 10.6 Å². The van der Waals surface area contributed by atoms with Gasteiger partial charge in [0, 0.05) is 18.0 Å². The second-order valence-corrected chi connectivity index (χ2v) is 10.3. The molecule has 170 valence electrons. The Morgan fingerprint density at radius 2 is 2.03 bits per heavy atom. The maximum Gasteiger partial charge on any atom is 0.323 e. The zero-order chi connectivity index (χ0) is 22.9. The van der Waals surface area contributed by atoms with Crippen molar-refractivity contribution in [2.24, 2.45) is 10.7 Å². The van der Waals surface area contributed by atoms with Gasteiger partial charge >= 0.3 is 6.03 Å². The van der Waals surface area contributed by atoms with Crippen LogP contribution >= 0.6 is 0 Å². The number of hydrogen-bond donors (Lipinski definition) is 4. The van der Waals surface area contributed by atoms with E-state index in [0.717, 1.165) is 11.3 Å². The summed E-state index contributed by atoms with van der Waals surface area (Å²) >= 11 is 0. The van der Waals surface area contributed by atoms with Crippen LogP contribution in [-0.4, -0.2) is 49.5 Å². The highest BCUT2D eigenvalue weighted by Crippen LogP contribution is 2.50. The minimum Gasteiger partial charge on any atom is -0.481 e. The molecule has 10 nitrogen and oxygen atoms in total. The first-order valence-electron chi connectivity index (χ1n) is 10.2. The third kappa shape index (κ3) is 4.53. The minimum absolute atomic E-state index is 0.371. The number of rotatable bonds is 6. The van der Waals surface area contributed by atoms with Crippen LogP contribution in [0.5, 0.6) is 5.88 Å². The number of pyridine rings is 1. The molecule has 0 radical (unpaired) electrons. The van der Waals surface area contributed by atoms with Crippen molar-refractivity contribution >= 4 is 27.4 Å². The summed E-state index contributed by atoms with van der Waals surface area (Å²) in [6, 6.07) is 2.98. The van der Waals surface area contributed by atoms with E-state index in [9.17, 15) is 13.2 Å². The lowest BCUT2D eigenvalue weighted by molar-refractivity contribution is 0.254. The van der Waals surface area contributed by atoms with Crippen LogP contribution < -0.4 is 26.4 Å². The van der Waals surface area contributed by atoms with E-state index in [1.807, 2.05) is 12.2 Å². The van der Waals surface area contributed by atoms with Gasteiger partial charge < -0.3 is 26.4 Å². The molecular weight excluding hydrogens is 432 g/mol. The van der Waals surface area contributed by atoms with E-state index in [1.165, 1.54) is 19.6 Å². The number of amides is 2. The Labute approximate surface area is 186 Å². The van der Waals surface area contributed by atoms with Crippen molar-refractivity contribution in [2.45, 2.75) is 36.6 Å². The molecule has 1 aliphatic heterocycles. The van der Waals surface area contributed by atoms with Crippen LogP contribution in [0.3, 0.4) is 0 Å². The van der Waals surface area contributed by atoms with Gasteiger partial charge in [-0.3, -0.25) is 0 Å². The van der Waals surface area contributed by atoms with Crippen molar-refractivity contribution in [3.8, 4) is 5.88 Å². The van der Waals surface area contributed by atoms with E-state index >= 15 is 0 Å². The van der Waals surface area contributed by atoms with Gasteiger partial charge in [-0.05, 0) is 49.5 Å². The summed E-state index contributed by atoms with van der Waals surface area (Å²) in [4.78, 5) is 20.9. The first-order chi connectivity index (χ1) is 15.2. The van der Waals surface area contributed by atoms with E-state index in [-0.39, 0.29) is 6.03 Å². The lowest BCUT2D eigenvalue weighted by atomic mass is 10.0. The summed E-state index contributed by atoms with van der Waals surface area (Å²) in [5.41, 5.74) is 8.81. The van der Waals surface area contributed by atoms with Crippen LogP contribution in [0.4, 0.5) is 10.5 Å². The van der Waals surface area contributed by atoms with E-state index in [2.05, 4.69) is 25.9 Å². The van der Waals surface area contributed by atoms with Crippen LogP contribution in [0.15, 0.2) is 58.5 Å². The fourth-order valence-corrected chi connectivity index (χ4v) is 5.07.